The molecule has 0 amide bonds. The lowest BCUT2D eigenvalue weighted by Gasteiger charge is -2.27. The van der Waals surface area contributed by atoms with Crippen LogP contribution in [0.5, 0.6) is 0 Å². The van der Waals surface area contributed by atoms with Crippen LogP contribution in [0.4, 0.5) is 0 Å². The van der Waals surface area contributed by atoms with Gasteiger partial charge in [-0.1, -0.05) is 0 Å². The lowest BCUT2D eigenvalue weighted by atomic mass is 10.2. The number of hydrogen-bond donors (Lipinski definition) is 2. The second-order valence-electron chi connectivity index (χ2n) is 7.32. The number of nitrogens with zero attached hydrogens (tertiary/aromatic N) is 3. The Hall–Kier alpha value is -1.57. The summed E-state index contributed by atoms with van der Waals surface area (Å²) >= 11 is 0. The maximum Gasteiger partial charge on any atom is 0.191 e. The van der Waals surface area contributed by atoms with Crippen LogP contribution in [0.25, 0.3) is 0 Å². The van der Waals surface area contributed by atoms with Crippen molar-refractivity contribution >= 4 is 5.96 Å². The Kier molecular flexibility index (Phi) is 8.45. The van der Waals surface area contributed by atoms with Crippen molar-refractivity contribution < 1.29 is 9.15 Å². The summed E-state index contributed by atoms with van der Waals surface area (Å²) in [5, 5.41) is 6.93. The summed E-state index contributed by atoms with van der Waals surface area (Å²) in [5.74, 6) is 1.91. The molecule has 7 heteroatoms. The van der Waals surface area contributed by atoms with Gasteiger partial charge in [0.15, 0.2) is 5.96 Å². The van der Waals surface area contributed by atoms with E-state index < -0.39 is 0 Å². The number of unbranched alkanes of at least 4 members (excludes halogenated alkanes) is 1. The van der Waals surface area contributed by atoms with Gasteiger partial charge in [0.1, 0.15) is 5.76 Å². The zero-order valence-corrected chi connectivity index (χ0v) is 16.7. The fourth-order valence-electron chi connectivity index (χ4n) is 3.85. The number of aliphatic imine (C=N–C) groups is 1. The van der Waals surface area contributed by atoms with Crippen LogP contribution in [-0.4, -0.2) is 81.8 Å². The molecule has 0 aromatic carbocycles. The minimum Gasteiger partial charge on any atom is -0.468 e. The monoisotopic (exact) mass is 377 g/mol. The molecular weight excluding hydrogens is 342 g/mol. The second kappa shape index (κ2) is 11.3. The maximum atomic E-state index is 5.69. The molecule has 2 fully saturated rings. The van der Waals surface area contributed by atoms with Crippen molar-refractivity contribution in [2.45, 2.75) is 31.7 Å². The van der Waals surface area contributed by atoms with Crippen LogP contribution in [-0.2, 0) is 4.74 Å². The van der Waals surface area contributed by atoms with Crippen LogP contribution in [0, 0.1) is 0 Å². The van der Waals surface area contributed by atoms with E-state index in [0.717, 1.165) is 77.2 Å². The van der Waals surface area contributed by atoms with Gasteiger partial charge in [0.05, 0.1) is 25.5 Å². The van der Waals surface area contributed by atoms with Gasteiger partial charge in [-0.05, 0) is 57.5 Å². The summed E-state index contributed by atoms with van der Waals surface area (Å²) in [4.78, 5) is 9.36. The molecule has 3 rings (SSSR count). The van der Waals surface area contributed by atoms with Gasteiger partial charge >= 0.3 is 0 Å². The molecule has 0 saturated carbocycles. The fourth-order valence-corrected chi connectivity index (χ4v) is 3.85. The van der Waals surface area contributed by atoms with Gasteiger partial charge in [-0.2, -0.15) is 0 Å². The lowest BCUT2D eigenvalue weighted by Crippen LogP contribution is -2.43. The summed E-state index contributed by atoms with van der Waals surface area (Å²) in [6, 6.07) is 4.31. The Labute approximate surface area is 163 Å². The summed E-state index contributed by atoms with van der Waals surface area (Å²) in [6.07, 6.45) is 6.65. The van der Waals surface area contributed by atoms with Crippen molar-refractivity contribution in [2.24, 2.45) is 4.99 Å². The quantitative estimate of drug-likeness (QED) is 0.388. The van der Waals surface area contributed by atoms with Crippen molar-refractivity contribution in [3.63, 3.8) is 0 Å². The summed E-state index contributed by atoms with van der Waals surface area (Å²) in [7, 11) is 1.83. The summed E-state index contributed by atoms with van der Waals surface area (Å²) in [5.41, 5.74) is 0. The van der Waals surface area contributed by atoms with Gasteiger partial charge in [-0.3, -0.25) is 14.8 Å². The third-order valence-electron chi connectivity index (χ3n) is 5.44. The molecule has 1 atom stereocenters. The third-order valence-corrected chi connectivity index (χ3v) is 5.44. The molecule has 7 nitrogen and oxygen atoms in total. The van der Waals surface area contributed by atoms with Crippen molar-refractivity contribution in [3.8, 4) is 0 Å². The van der Waals surface area contributed by atoms with Crippen molar-refractivity contribution in [3.05, 3.63) is 24.2 Å². The Balaban J connectivity index is 1.36. The first-order chi connectivity index (χ1) is 13.4. The zero-order valence-electron chi connectivity index (χ0n) is 16.7. The highest BCUT2D eigenvalue weighted by atomic mass is 16.5. The summed E-state index contributed by atoms with van der Waals surface area (Å²) < 4.78 is 11.1. The zero-order chi connectivity index (χ0) is 18.7. The molecule has 1 aromatic heterocycles. The molecule has 152 valence electrons. The van der Waals surface area contributed by atoms with Gasteiger partial charge < -0.3 is 19.8 Å². The molecule has 2 saturated heterocycles. The Morgan fingerprint density at radius 2 is 1.96 bits per heavy atom. The molecule has 2 aliphatic rings. The Bertz CT molecular complexity index is 537. The number of guanidine groups is 1. The van der Waals surface area contributed by atoms with Gasteiger partial charge in [0.25, 0.3) is 0 Å². The van der Waals surface area contributed by atoms with Crippen LogP contribution in [0.2, 0.25) is 0 Å². The fraction of sp³-hybridized carbons (Fsp3) is 0.750. The van der Waals surface area contributed by atoms with E-state index in [1.54, 1.807) is 6.26 Å². The molecule has 0 bridgehead atoms. The Morgan fingerprint density at radius 1 is 1.15 bits per heavy atom. The van der Waals surface area contributed by atoms with E-state index in [4.69, 9.17) is 9.15 Å². The minimum absolute atomic E-state index is 0.266. The summed E-state index contributed by atoms with van der Waals surface area (Å²) in [6.45, 7) is 9.09. The van der Waals surface area contributed by atoms with E-state index in [9.17, 15) is 0 Å². The van der Waals surface area contributed by atoms with Gasteiger partial charge in [0, 0.05) is 33.2 Å². The predicted octanol–water partition coefficient (Wildman–Crippen LogP) is 1.69. The van der Waals surface area contributed by atoms with Crippen molar-refractivity contribution in [1.82, 2.24) is 20.4 Å². The number of ether oxygens (including phenoxy) is 1. The van der Waals surface area contributed by atoms with E-state index >= 15 is 0 Å². The van der Waals surface area contributed by atoms with Gasteiger partial charge in [0.2, 0.25) is 0 Å². The van der Waals surface area contributed by atoms with Crippen molar-refractivity contribution in [2.75, 3.05) is 66.1 Å². The number of hydrogen-bond acceptors (Lipinski definition) is 5. The molecule has 0 radical (unpaired) electrons. The standard InChI is InChI=1S/C20H35N5O2/c1-21-20(22-8-2-3-9-24-12-15-26-16-13-24)23-17-18(19-7-6-14-27-19)25-10-4-5-11-25/h6-7,14,18H,2-5,8-13,15-17H2,1H3,(H2,21,22,23). The molecule has 2 aliphatic heterocycles. The maximum absolute atomic E-state index is 5.69. The molecule has 27 heavy (non-hydrogen) atoms. The first kappa shape index (κ1) is 20.2. The third kappa shape index (κ3) is 6.52. The van der Waals surface area contributed by atoms with Crippen LogP contribution in [0.1, 0.15) is 37.5 Å². The van der Waals surface area contributed by atoms with Gasteiger partial charge in [-0.25, -0.2) is 0 Å². The molecule has 3 heterocycles. The van der Waals surface area contributed by atoms with Gasteiger partial charge in [-0.15, -0.1) is 0 Å². The number of nitrogens with one attached hydrogen (secondary N) is 2. The second-order valence-corrected chi connectivity index (χ2v) is 7.32. The molecule has 1 aromatic rings. The van der Waals surface area contributed by atoms with E-state index in [0.29, 0.717) is 0 Å². The molecule has 0 aliphatic carbocycles. The van der Waals surface area contributed by atoms with E-state index in [1.165, 1.54) is 19.3 Å². The normalized spacial score (nSPS) is 20.7. The highest BCUT2D eigenvalue weighted by Gasteiger charge is 2.25. The SMILES string of the molecule is CN=C(NCCCCN1CCOCC1)NCC(c1ccco1)N1CCCC1. The molecule has 2 N–H and O–H groups in total. The largest absolute Gasteiger partial charge is 0.468 e. The number of likely N-dealkylation sites (tertiary alicyclic amines) is 1. The van der Waals surface area contributed by atoms with E-state index in [1.807, 2.05) is 13.1 Å². The van der Waals surface area contributed by atoms with E-state index in [2.05, 4.69) is 31.5 Å². The highest BCUT2D eigenvalue weighted by molar-refractivity contribution is 5.79. The van der Waals surface area contributed by atoms with Crippen LogP contribution in [0.3, 0.4) is 0 Å². The number of rotatable bonds is 9. The number of morpholine rings is 1. The van der Waals surface area contributed by atoms with Crippen LogP contribution < -0.4 is 10.6 Å². The minimum atomic E-state index is 0.266. The van der Waals surface area contributed by atoms with Crippen molar-refractivity contribution in [1.29, 1.82) is 0 Å². The van der Waals surface area contributed by atoms with E-state index in [-0.39, 0.29) is 6.04 Å². The average molecular weight is 378 g/mol. The van der Waals surface area contributed by atoms with Crippen LogP contribution in [0.15, 0.2) is 27.8 Å². The average Bonchev–Trinajstić information content (AvgIpc) is 3.42. The molecular formula is C20H35N5O2. The Morgan fingerprint density at radius 3 is 2.67 bits per heavy atom. The van der Waals surface area contributed by atoms with Crippen LogP contribution >= 0.6 is 0 Å². The first-order valence-electron chi connectivity index (χ1n) is 10.4. The molecule has 1 unspecified atom stereocenters. The first-order valence-corrected chi connectivity index (χ1v) is 10.4. The highest BCUT2D eigenvalue weighted by Crippen LogP contribution is 2.24. The predicted molar refractivity (Wildman–Crippen MR) is 108 cm³/mol. The lowest BCUT2D eigenvalue weighted by molar-refractivity contribution is 0.0372. The smallest absolute Gasteiger partial charge is 0.191 e. The number of furan rings is 1. The topological polar surface area (TPSA) is 65.3 Å². The molecule has 0 spiro atoms.